The molecule has 0 heterocycles. The van der Waals surface area contributed by atoms with Crippen molar-refractivity contribution in [3.8, 4) is 0 Å². The highest BCUT2D eigenvalue weighted by molar-refractivity contribution is 7.89. The van der Waals surface area contributed by atoms with Gasteiger partial charge >= 0.3 is 0 Å². The predicted molar refractivity (Wildman–Crippen MR) is 79.8 cm³/mol. The molecule has 0 aromatic rings. The number of sulfonamides is 1. The summed E-state index contributed by atoms with van der Waals surface area (Å²) < 4.78 is 25.4. The van der Waals surface area contributed by atoms with Gasteiger partial charge in [0.2, 0.25) is 15.9 Å². The molecule has 0 saturated heterocycles. The summed E-state index contributed by atoms with van der Waals surface area (Å²) in [6, 6.07) is -0.833. The minimum absolute atomic E-state index is 0.000981. The Morgan fingerprint density at radius 1 is 1.20 bits per heavy atom. The van der Waals surface area contributed by atoms with Gasteiger partial charge in [-0.3, -0.25) is 4.79 Å². The number of aliphatic hydroxyl groups excluding tert-OH is 1. The minimum atomic E-state index is -3.41. The highest BCUT2D eigenvalue weighted by Gasteiger charge is 2.21. The van der Waals surface area contributed by atoms with Crippen LogP contribution in [-0.2, 0) is 14.8 Å². The van der Waals surface area contributed by atoms with Crippen LogP contribution in [0.25, 0.3) is 0 Å². The largest absolute Gasteiger partial charge is 0.391 e. The fraction of sp³-hybridized carbons (Fsp3) is 0.923. The van der Waals surface area contributed by atoms with Crippen molar-refractivity contribution in [3.05, 3.63) is 0 Å². The minimum Gasteiger partial charge on any atom is -0.391 e. The van der Waals surface area contributed by atoms with Crippen molar-refractivity contribution in [3.63, 3.8) is 0 Å². The summed E-state index contributed by atoms with van der Waals surface area (Å²) in [6.07, 6.45) is 1.57. The van der Waals surface area contributed by atoms with E-state index >= 15 is 0 Å². The van der Waals surface area contributed by atoms with Gasteiger partial charge in [0, 0.05) is 6.54 Å². The Kier molecular flexibility index (Phi) is 9.00. The average Bonchev–Trinajstić information content (AvgIpc) is 2.36. The standard InChI is InChI=1S/C13H28N2O4S/c1-5-8-20(18,19)15-10(4)13(17)14-9-12(16)11(6-2)7-3/h10-12,15-16H,5-9H2,1-4H3,(H,14,17). The number of carbonyl (C=O) groups excluding carboxylic acids is 1. The molecule has 0 aliphatic rings. The molecule has 0 aliphatic heterocycles. The van der Waals surface area contributed by atoms with Gasteiger partial charge in [-0.15, -0.1) is 0 Å². The van der Waals surface area contributed by atoms with Crippen LogP contribution in [0, 0.1) is 5.92 Å². The molecule has 0 saturated carbocycles. The Bertz CT molecular complexity index is 380. The molecule has 0 rings (SSSR count). The van der Waals surface area contributed by atoms with Crippen molar-refractivity contribution < 1.29 is 18.3 Å². The molecule has 20 heavy (non-hydrogen) atoms. The normalized spacial score (nSPS) is 15.1. The third kappa shape index (κ3) is 7.21. The Morgan fingerprint density at radius 3 is 2.20 bits per heavy atom. The van der Waals surface area contributed by atoms with Gasteiger partial charge in [0.1, 0.15) is 0 Å². The molecule has 2 unspecified atom stereocenters. The summed E-state index contributed by atoms with van der Waals surface area (Å²) in [4.78, 5) is 11.8. The highest BCUT2D eigenvalue weighted by Crippen LogP contribution is 2.12. The smallest absolute Gasteiger partial charge is 0.237 e. The van der Waals surface area contributed by atoms with E-state index in [1.165, 1.54) is 6.92 Å². The van der Waals surface area contributed by atoms with Crippen molar-refractivity contribution in [1.82, 2.24) is 10.0 Å². The second-order valence-corrected chi connectivity index (χ2v) is 6.92. The summed E-state index contributed by atoms with van der Waals surface area (Å²) in [5.41, 5.74) is 0. The van der Waals surface area contributed by atoms with E-state index < -0.39 is 28.1 Å². The van der Waals surface area contributed by atoms with Crippen molar-refractivity contribution in [2.24, 2.45) is 5.92 Å². The Balaban J connectivity index is 4.27. The molecule has 0 aromatic heterocycles. The lowest BCUT2D eigenvalue weighted by molar-refractivity contribution is -0.123. The molecule has 1 amide bonds. The lowest BCUT2D eigenvalue weighted by Gasteiger charge is -2.21. The first-order valence-corrected chi connectivity index (χ1v) is 8.88. The number of hydrogen-bond donors (Lipinski definition) is 3. The monoisotopic (exact) mass is 308 g/mol. The zero-order chi connectivity index (χ0) is 15.8. The molecule has 7 heteroatoms. The van der Waals surface area contributed by atoms with E-state index in [0.29, 0.717) is 6.42 Å². The molecular weight excluding hydrogens is 280 g/mol. The van der Waals surface area contributed by atoms with E-state index in [9.17, 15) is 18.3 Å². The van der Waals surface area contributed by atoms with Gasteiger partial charge in [-0.25, -0.2) is 13.1 Å². The zero-order valence-corrected chi connectivity index (χ0v) is 13.7. The second kappa shape index (κ2) is 9.31. The maximum atomic E-state index is 11.8. The van der Waals surface area contributed by atoms with Crippen LogP contribution in [0.3, 0.4) is 0 Å². The third-order valence-electron chi connectivity index (χ3n) is 3.30. The van der Waals surface area contributed by atoms with Crippen molar-refractivity contribution >= 4 is 15.9 Å². The van der Waals surface area contributed by atoms with Gasteiger partial charge in [-0.1, -0.05) is 33.6 Å². The summed E-state index contributed by atoms with van der Waals surface area (Å²) in [5.74, 6) is -0.280. The van der Waals surface area contributed by atoms with Crippen LogP contribution in [-0.4, -0.2) is 43.9 Å². The topological polar surface area (TPSA) is 95.5 Å². The van der Waals surface area contributed by atoms with Crippen molar-refractivity contribution in [1.29, 1.82) is 0 Å². The summed E-state index contributed by atoms with van der Waals surface area (Å²) in [5, 5.41) is 12.5. The lowest BCUT2D eigenvalue weighted by atomic mass is 9.96. The molecule has 0 fully saturated rings. The fourth-order valence-corrected chi connectivity index (χ4v) is 3.31. The Labute approximate surface area is 122 Å². The van der Waals surface area contributed by atoms with Crippen LogP contribution in [0.2, 0.25) is 0 Å². The first-order valence-electron chi connectivity index (χ1n) is 7.23. The van der Waals surface area contributed by atoms with Gasteiger partial charge in [0.25, 0.3) is 0 Å². The first-order chi connectivity index (χ1) is 9.27. The molecule has 3 N–H and O–H groups in total. The van der Waals surface area contributed by atoms with Crippen LogP contribution in [0.4, 0.5) is 0 Å². The predicted octanol–water partition coefficient (Wildman–Crippen LogP) is 0.618. The van der Waals surface area contributed by atoms with E-state index in [-0.39, 0.29) is 18.2 Å². The van der Waals surface area contributed by atoms with E-state index in [4.69, 9.17) is 0 Å². The second-order valence-electron chi connectivity index (χ2n) is 5.05. The average molecular weight is 308 g/mol. The molecule has 2 atom stereocenters. The first kappa shape index (κ1) is 19.3. The number of aliphatic hydroxyl groups is 1. The Morgan fingerprint density at radius 2 is 1.75 bits per heavy atom. The van der Waals surface area contributed by atoms with Gasteiger partial charge in [0.05, 0.1) is 17.9 Å². The third-order valence-corrected chi connectivity index (χ3v) is 4.96. The van der Waals surface area contributed by atoms with Crippen LogP contribution in [0.15, 0.2) is 0 Å². The van der Waals surface area contributed by atoms with Crippen molar-refractivity contribution in [2.45, 2.75) is 59.1 Å². The number of rotatable bonds is 10. The summed E-state index contributed by atoms with van der Waals surface area (Å²) in [6.45, 7) is 7.37. The van der Waals surface area contributed by atoms with Crippen LogP contribution >= 0.6 is 0 Å². The molecule has 6 nitrogen and oxygen atoms in total. The SMILES string of the molecule is CCCS(=O)(=O)NC(C)C(=O)NCC(O)C(CC)CC. The maximum absolute atomic E-state index is 11.8. The molecule has 120 valence electrons. The van der Waals surface area contributed by atoms with Gasteiger partial charge in [-0.05, 0) is 19.3 Å². The maximum Gasteiger partial charge on any atom is 0.237 e. The number of nitrogens with one attached hydrogen (secondary N) is 2. The number of carbonyl (C=O) groups is 1. The summed E-state index contributed by atoms with van der Waals surface area (Å²) in [7, 11) is -3.41. The van der Waals surface area contributed by atoms with Gasteiger partial charge in [-0.2, -0.15) is 0 Å². The van der Waals surface area contributed by atoms with E-state index in [1.807, 2.05) is 13.8 Å². The summed E-state index contributed by atoms with van der Waals surface area (Å²) >= 11 is 0. The molecule has 0 aliphatic carbocycles. The van der Waals surface area contributed by atoms with E-state index in [1.54, 1.807) is 6.92 Å². The van der Waals surface area contributed by atoms with E-state index in [0.717, 1.165) is 12.8 Å². The molecular formula is C13H28N2O4S. The Hall–Kier alpha value is -0.660. The molecule has 0 spiro atoms. The zero-order valence-electron chi connectivity index (χ0n) is 12.8. The van der Waals surface area contributed by atoms with Crippen molar-refractivity contribution in [2.75, 3.05) is 12.3 Å². The fourth-order valence-electron chi connectivity index (χ4n) is 2.01. The molecule has 0 aromatic carbocycles. The van der Waals surface area contributed by atoms with Crippen LogP contribution < -0.4 is 10.0 Å². The van der Waals surface area contributed by atoms with E-state index in [2.05, 4.69) is 10.0 Å². The number of amides is 1. The van der Waals surface area contributed by atoms with Gasteiger partial charge in [0.15, 0.2) is 0 Å². The van der Waals surface area contributed by atoms with Crippen LogP contribution in [0.5, 0.6) is 0 Å². The number of hydrogen-bond acceptors (Lipinski definition) is 4. The molecule has 0 bridgehead atoms. The van der Waals surface area contributed by atoms with Crippen LogP contribution in [0.1, 0.15) is 47.0 Å². The highest BCUT2D eigenvalue weighted by atomic mass is 32.2. The lowest BCUT2D eigenvalue weighted by Crippen LogP contribution is -2.47. The molecule has 0 radical (unpaired) electrons. The quantitative estimate of drug-likeness (QED) is 0.551. The van der Waals surface area contributed by atoms with Gasteiger partial charge < -0.3 is 10.4 Å².